The van der Waals surface area contributed by atoms with Crippen molar-refractivity contribution in [1.29, 1.82) is 0 Å². The number of imidazole rings is 1. The predicted molar refractivity (Wildman–Crippen MR) is 82.3 cm³/mol. The smallest absolute Gasteiger partial charge is 0.177 e. The van der Waals surface area contributed by atoms with Crippen molar-refractivity contribution in [3.05, 3.63) is 71.1 Å². The second-order valence-electron chi connectivity index (χ2n) is 4.63. The molecule has 3 nitrogen and oxygen atoms in total. The lowest BCUT2D eigenvalue weighted by Crippen LogP contribution is -1.97. The van der Waals surface area contributed by atoms with Crippen LogP contribution in [0.3, 0.4) is 0 Å². The van der Waals surface area contributed by atoms with E-state index >= 15 is 0 Å². The van der Waals surface area contributed by atoms with E-state index in [4.69, 9.17) is 12.2 Å². The molecule has 20 heavy (non-hydrogen) atoms. The first kappa shape index (κ1) is 12.7. The lowest BCUT2D eigenvalue weighted by atomic mass is 10.2. The van der Waals surface area contributed by atoms with E-state index < -0.39 is 0 Å². The number of phenolic OH excluding ortho intramolecular Hbond substituents is 1. The molecular weight excluding hydrogens is 268 g/mol. The zero-order valence-electron chi connectivity index (χ0n) is 10.8. The third-order valence-corrected chi connectivity index (χ3v) is 3.50. The van der Waals surface area contributed by atoms with Gasteiger partial charge in [0.2, 0.25) is 0 Å². The van der Waals surface area contributed by atoms with Crippen LogP contribution in [0.1, 0.15) is 5.56 Å². The predicted octanol–water partition coefficient (Wildman–Crippen LogP) is 3.97. The van der Waals surface area contributed by atoms with E-state index in [0.717, 1.165) is 16.8 Å². The lowest BCUT2D eigenvalue weighted by molar-refractivity contribution is 0.475. The number of nitrogens with zero attached hydrogens (tertiary/aromatic N) is 1. The van der Waals surface area contributed by atoms with Crippen molar-refractivity contribution in [2.24, 2.45) is 0 Å². The number of aromatic amines is 1. The molecule has 3 aromatic rings. The zero-order chi connectivity index (χ0) is 13.9. The largest absolute Gasteiger partial charge is 0.508 e. The topological polar surface area (TPSA) is 41.0 Å². The normalized spacial score (nSPS) is 10.6. The highest BCUT2D eigenvalue weighted by atomic mass is 32.1. The second kappa shape index (κ2) is 5.35. The zero-order valence-corrected chi connectivity index (χ0v) is 11.6. The Kier molecular flexibility index (Phi) is 3.39. The van der Waals surface area contributed by atoms with Gasteiger partial charge in [-0.25, -0.2) is 0 Å². The summed E-state index contributed by atoms with van der Waals surface area (Å²) in [6.45, 7) is 0.683. The Morgan fingerprint density at radius 2 is 1.70 bits per heavy atom. The number of phenols is 1. The van der Waals surface area contributed by atoms with Gasteiger partial charge in [-0.05, 0) is 35.5 Å². The Morgan fingerprint density at radius 3 is 2.40 bits per heavy atom. The Bertz CT molecular complexity index is 757. The Hall–Kier alpha value is -2.33. The SMILES string of the molecule is Oc1ccc(Cn2cc(-c3ccccc3)[nH]c2=S)cc1. The van der Waals surface area contributed by atoms with E-state index in [-0.39, 0.29) is 5.75 Å². The number of aromatic hydroxyl groups is 1. The van der Waals surface area contributed by atoms with Crippen molar-refractivity contribution in [3.8, 4) is 17.0 Å². The minimum atomic E-state index is 0.274. The molecule has 0 aliphatic carbocycles. The minimum Gasteiger partial charge on any atom is -0.508 e. The van der Waals surface area contributed by atoms with E-state index in [1.165, 1.54) is 0 Å². The van der Waals surface area contributed by atoms with Gasteiger partial charge in [0.25, 0.3) is 0 Å². The molecule has 0 saturated heterocycles. The molecule has 3 rings (SSSR count). The molecule has 0 atom stereocenters. The van der Waals surface area contributed by atoms with Crippen molar-refractivity contribution in [3.63, 3.8) is 0 Å². The number of hydrogen-bond donors (Lipinski definition) is 2. The molecule has 0 aliphatic rings. The highest BCUT2D eigenvalue weighted by Crippen LogP contribution is 2.18. The molecule has 4 heteroatoms. The van der Waals surface area contributed by atoms with Gasteiger partial charge >= 0.3 is 0 Å². The summed E-state index contributed by atoms with van der Waals surface area (Å²) in [6.07, 6.45) is 2.02. The van der Waals surface area contributed by atoms with Gasteiger partial charge in [-0.3, -0.25) is 0 Å². The van der Waals surface area contributed by atoms with Crippen LogP contribution in [0.25, 0.3) is 11.3 Å². The maximum atomic E-state index is 9.30. The summed E-state index contributed by atoms with van der Waals surface area (Å²) in [7, 11) is 0. The first-order valence-corrected chi connectivity index (χ1v) is 6.76. The van der Waals surface area contributed by atoms with Gasteiger partial charge < -0.3 is 14.7 Å². The van der Waals surface area contributed by atoms with Crippen LogP contribution in [0, 0.1) is 4.77 Å². The van der Waals surface area contributed by atoms with Crippen LogP contribution in [0.5, 0.6) is 5.75 Å². The summed E-state index contributed by atoms with van der Waals surface area (Å²) >= 11 is 5.36. The van der Waals surface area contributed by atoms with Gasteiger partial charge in [-0.15, -0.1) is 0 Å². The number of benzene rings is 2. The van der Waals surface area contributed by atoms with Gasteiger partial charge in [0.15, 0.2) is 4.77 Å². The summed E-state index contributed by atoms with van der Waals surface area (Å²) < 4.78 is 2.68. The van der Waals surface area contributed by atoms with Gasteiger partial charge in [-0.2, -0.15) is 0 Å². The van der Waals surface area contributed by atoms with E-state index in [1.54, 1.807) is 12.1 Å². The number of hydrogen-bond acceptors (Lipinski definition) is 2. The van der Waals surface area contributed by atoms with Gasteiger partial charge in [0.05, 0.1) is 5.69 Å². The Labute approximate surface area is 122 Å². The molecule has 0 aliphatic heterocycles. The fraction of sp³-hybridized carbons (Fsp3) is 0.0625. The molecule has 0 saturated carbocycles. The molecule has 0 spiro atoms. The number of rotatable bonds is 3. The van der Waals surface area contributed by atoms with E-state index in [0.29, 0.717) is 11.3 Å². The highest BCUT2D eigenvalue weighted by molar-refractivity contribution is 7.71. The van der Waals surface area contributed by atoms with Crippen molar-refractivity contribution >= 4 is 12.2 Å². The fourth-order valence-corrected chi connectivity index (χ4v) is 2.34. The van der Waals surface area contributed by atoms with Crippen LogP contribution in [0.4, 0.5) is 0 Å². The van der Waals surface area contributed by atoms with Crippen LogP contribution in [-0.4, -0.2) is 14.7 Å². The number of nitrogens with one attached hydrogen (secondary N) is 1. The molecule has 0 fully saturated rings. The molecule has 2 aromatic carbocycles. The first-order chi connectivity index (χ1) is 9.72. The monoisotopic (exact) mass is 282 g/mol. The minimum absolute atomic E-state index is 0.274. The van der Waals surface area contributed by atoms with Crippen LogP contribution in [-0.2, 0) is 6.54 Å². The summed E-state index contributed by atoms with van der Waals surface area (Å²) in [5, 5.41) is 9.30. The molecule has 1 heterocycles. The van der Waals surface area contributed by atoms with Crippen molar-refractivity contribution in [1.82, 2.24) is 9.55 Å². The van der Waals surface area contributed by atoms with Crippen LogP contribution in [0.2, 0.25) is 0 Å². The average molecular weight is 282 g/mol. The quantitative estimate of drug-likeness (QED) is 0.714. The van der Waals surface area contributed by atoms with E-state index in [2.05, 4.69) is 4.98 Å². The summed E-state index contributed by atoms with van der Waals surface area (Å²) in [4.78, 5) is 3.22. The molecule has 0 bridgehead atoms. The molecule has 0 unspecified atom stereocenters. The van der Waals surface area contributed by atoms with E-state index in [9.17, 15) is 5.11 Å². The Morgan fingerprint density at radius 1 is 1.00 bits per heavy atom. The van der Waals surface area contributed by atoms with Gasteiger partial charge in [0.1, 0.15) is 5.75 Å². The van der Waals surface area contributed by atoms with Crippen LogP contribution in [0.15, 0.2) is 60.8 Å². The van der Waals surface area contributed by atoms with Gasteiger partial charge in [0, 0.05) is 12.7 Å². The van der Waals surface area contributed by atoms with E-state index in [1.807, 2.05) is 53.2 Å². The maximum Gasteiger partial charge on any atom is 0.177 e. The van der Waals surface area contributed by atoms with Crippen molar-refractivity contribution in [2.45, 2.75) is 6.54 Å². The summed E-state index contributed by atoms with van der Waals surface area (Å²) in [5.41, 5.74) is 3.22. The molecule has 0 radical (unpaired) electrons. The van der Waals surface area contributed by atoms with Crippen LogP contribution >= 0.6 is 12.2 Å². The molecule has 1 aromatic heterocycles. The molecular formula is C16H14N2OS. The highest BCUT2D eigenvalue weighted by Gasteiger charge is 2.03. The molecule has 2 N–H and O–H groups in total. The maximum absolute atomic E-state index is 9.30. The number of aromatic nitrogens is 2. The molecule has 100 valence electrons. The standard InChI is InChI=1S/C16H14N2OS/c19-14-8-6-12(7-9-14)10-18-11-15(17-16(18)20)13-4-2-1-3-5-13/h1-9,11,19H,10H2,(H,17,20). The summed E-state index contributed by atoms with van der Waals surface area (Å²) in [6, 6.07) is 17.3. The lowest BCUT2D eigenvalue weighted by Gasteiger charge is -2.02. The Balaban J connectivity index is 1.90. The van der Waals surface area contributed by atoms with Gasteiger partial charge in [-0.1, -0.05) is 42.5 Å². The average Bonchev–Trinajstić information content (AvgIpc) is 2.84. The molecule has 0 amide bonds. The summed E-state index contributed by atoms with van der Waals surface area (Å²) in [5.74, 6) is 0.274. The van der Waals surface area contributed by atoms with Crippen molar-refractivity contribution < 1.29 is 5.11 Å². The first-order valence-electron chi connectivity index (χ1n) is 6.35. The third-order valence-electron chi connectivity index (χ3n) is 3.16. The number of H-pyrrole nitrogens is 1. The van der Waals surface area contributed by atoms with Crippen molar-refractivity contribution in [2.75, 3.05) is 0 Å². The van der Waals surface area contributed by atoms with Crippen LogP contribution < -0.4 is 0 Å². The second-order valence-corrected chi connectivity index (χ2v) is 5.02. The fourth-order valence-electron chi connectivity index (χ4n) is 2.11. The third kappa shape index (κ3) is 2.65.